The van der Waals surface area contributed by atoms with Crippen LogP contribution in [0, 0.1) is 0 Å². The summed E-state index contributed by atoms with van der Waals surface area (Å²) in [4.78, 5) is 24.3. The lowest BCUT2D eigenvalue weighted by Crippen LogP contribution is -2.35. The van der Waals surface area contributed by atoms with E-state index >= 15 is 0 Å². The number of ether oxygens (including phenoxy) is 1. The normalized spacial score (nSPS) is 11.7. The summed E-state index contributed by atoms with van der Waals surface area (Å²) in [6.45, 7) is 7.66. The number of nitrogens with zero attached hydrogens (tertiary/aromatic N) is 1. The third-order valence-electron chi connectivity index (χ3n) is 2.41. The molecule has 0 spiro atoms. The molecule has 0 unspecified atom stereocenters. The van der Waals surface area contributed by atoms with Crippen LogP contribution in [0.3, 0.4) is 0 Å². The Bertz CT molecular complexity index is 333. The Balaban J connectivity index is 4.88. The van der Waals surface area contributed by atoms with E-state index in [1.165, 1.54) is 18.7 Å². The number of rotatable bonds is 7. The second-order valence-electron chi connectivity index (χ2n) is 3.59. The highest BCUT2D eigenvalue weighted by atomic mass is 16.5. The van der Waals surface area contributed by atoms with Crippen molar-refractivity contribution in [2.24, 2.45) is 0 Å². The van der Waals surface area contributed by atoms with E-state index in [1.54, 1.807) is 13.2 Å². The smallest absolute Gasteiger partial charge is 0.331 e. The van der Waals surface area contributed by atoms with Crippen molar-refractivity contribution in [3.05, 3.63) is 23.8 Å². The van der Waals surface area contributed by atoms with E-state index in [9.17, 15) is 9.59 Å². The van der Waals surface area contributed by atoms with Crippen LogP contribution in [0.15, 0.2) is 23.8 Å². The van der Waals surface area contributed by atoms with Gasteiger partial charge in [0.1, 0.15) is 0 Å². The number of methoxy groups -OCH3 is 1. The van der Waals surface area contributed by atoms with Gasteiger partial charge in [0.05, 0.1) is 6.61 Å². The second-order valence-corrected chi connectivity index (χ2v) is 3.59. The molecule has 5 heteroatoms. The van der Waals surface area contributed by atoms with Crippen LogP contribution in [0.4, 0.5) is 0 Å². The summed E-state index contributed by atoms with van der Waals surface area (Å²) in [5, 5.41) is 8.82. The summed E-state index contributed by atoms with van der Waals surface area (Å²) < 4.78 is 4.90. The molecule has 0 rings (SSSR count). The molecule has 0 heterocycles. The summed E-state index contributed by atoms with van der Waals surface area (Å²) in [6, 6.07) is 0. The fraction of sp³-hybridized carbons (Fsp3) is 0.500. The zero-order valence-corrected chi connectivity index (χ0v) is 10.5. The third kappa shape index (κ3) is 4.82. The van der Waals surface area contributed by atoms with Gasteiger partial charge in [0.15, 0.2) is 0 Å². The quantitative estimate of drug-likeness (QED) is 0.535. The molecule has 0 saturated heterocycles. The lowest BCUT2D eigenvalue weighted by Gasteiger charge is -2.21. The fourth-order valence-electron chi connectivity index (χ4n) is 1.19. The van der Waals surface area contributed by atoms with Crippen LogP contribution in [0.5, 0.6) is 0 Å². The van der Waals surface area contributed by atoms with Gasteiger partial charge in [-0.3, -0.25) is 4.79 Å². The highest BCUT2D eigenvalue weighted by molar-refractivity contribution is 6.01. The van der Waals surface area contributed by atoms with Gasteiger partial charge in [-0.1, -0.05) is 6.08 Å². The van der Waals surface area contributed by atoms with Crippen molar-refractivity contribution in [2.45, 2.75) is 13.8 Å². The minimum absolute atomic E-state index is 0.0569. The first-order chi connectivity index (χ1) is 7.95. The summed E-state index contributed by atoms with van der Waals surface area (Å²) >= 11 is 0. The van der Waals surface area contributed by atoms with Gasteiger partial charge in [-0.2, -0.15) is 0 Å². The number of aliphatic carboxylic acids is 1. The summed E-state index contributed by atoms with van der Waals surface area (Å²) in [5.41, 5.74) is 0.289. The topological polar surface area (TPSA) is 66.8 Å². The van der Waals surface area contributed by atoms with E-state index in [0.29, 0.717) is 19.7 Å². The average Bonchev–Trinajstić information content (AvgIpc) is 2.31. The van der Waals surface area contributed by atoms with Crippen LogP contribution in [-0.2, 0) is 14.3 Å². The monoisotopic (exact) mass is 241 g/mol. The molecule has 96 valence electrons. The minimum Gasteiger partial charge on any atom is -0.478 e. The van der Waals surface area contributed by atoms with Crippen LogP contribution in [-0.4, -0.2) is 48.7 Å². The highest BCUT2D eigenvalue weighted by Gasteiger charge is 2.18. The van der Waals surface area contributed by atoms with Gasteiger partial charge < -0.3 is 14.7 Å². The van der Waals surface area contributed by atoms with Crippen LogP contribution < -0.4 is 0 Å². The first kappa shape index (κ1) is 15.4. The number of hydrogen-bond donors (Lipinski definition) is 1. The Morgan fingerprint density at radius 3 is 2.35 bits per heavy atom. The lowest BCUT2D eigenvalue weighted by molar-refractivity contribution is -0.133. The third-order valence-corrected chi connectivity index (χ3v) is 2.41. The molecule has 0 aromatic carbocycles. The van der Waals surface area contributed by atoms with Crippen molar-refractivity contribution in [1.82, 2.24) is 4.90 Å². The number of carbonyl (C=O) groups excluding carboxylic acids is 1. The van der Waals surface area contributed by atoms with Gasteiger partial charge in [0, 0.05) is 31.3 Å². The number of hydrogen-bond acceptors (Lipinski definition) is 3. The summed E-state index contributed by atoms with van der Waals surface area (Å²) in [6.07, 6.45) is 1.59. The highest BCUT2D eigenvalue weighted by Crippen LogP contribution is 2.08. The second kappa shape index (κ2) is 7.62. The van der Waals surface area contributed by atoms with Crippen LogP contribution in [0.25, 0.3) is 0 Å². The predicted octanol–water partition coefficient (Wildman–Crippen LogP) is 1.07. The SMILES string of the molecule is C=CCN(CCOC)C(=O)/C(C)=C(/C)C(=O)O. The first-order valence-corrected chi connectivity index (χ1v) is 5.25. The van der Waals surface area contributed by atoms with Crippen LogP contribution in [0.1, 0.15) is 13.8 Å². The minimum atomic E-state index is -1.08. The molecule has 0 aliphatic heterocycles. The van der Waals surface area contributed by atoms with Crippen molar-refractivity contribution in [3.63, 3.8) is 0 Å². The Kier molecular flexibility index (Phi) is 6.89. The van der Waals surface area contributed by atoms with Gasteiger partial charge in [-0.15, -0.1) is 6.58 Å². The average molecular weight is 241 g/mol. The molecule has 17 heavy (non-hydrogen) atoms. The molecule has 0 radical (unpaired) electrons. The van der Waals surface area contributed by atoms with E-state index in [-0.39, 0.29) is 17.1 Å². The molecule has 5 nitrogen and oxygen atoms in total. The van der Waals surface area contributed by atoms with E-state index in [4.69, 9.17) is 9.84 Å². The maximum absolute atomic E-state index is 12.0. The van der Waals surface area contributed by atoms with Gasteiger partial charge in [-0.05, 0) is 13.8 Å². The van der Waals surface area contributed by atoms with E-state index in [0.717, 1.165) is 0 Å². The fourth-order valence-corrected chi connectivity index (χ4v) is 1.19. The van der Waals surface area contributed by atoms with Gasteiger partial charge in [0.2, 0.25) is 5.91 Å². The molecule has 0 aliphatic carbocycles. The molecular formula is C12H19NO4. The first-order valence-electron chi connectivity index (χ1n) is 5.25. The molecule has 0 bridgehead atoms. The maximum atomic E-state index is 12.0. The van der Waals surface area contributed by atoms with Crippen molar-refractivity contribution in [3.8, 4) is 0 Å². The van der Waals surface area contributed by atoms with Crippen molar-refractivity contribution in [1.29, 1.82) is 0 Å². The largest absolute Gasteiger partial charge is 0.478 e. The zero-order chi connectivity index (χ0) is 13.4. The van der Waals surface area contributed by atoms with E-state index in [1.807, 2.05) is 0 Å². The Labute approximate surface area is 101 Å². The number of carboxylic acids is 1. The lowest BCUT2D eigenvalue weighted by atomic mass is 10.1. The van der Waals surface area contributed by atoms with Crippen LogP contribution in [0.2, 0.25) is 0 Å². The summed E-state index contributed by atoms with van der Waals surface area (Å²) in [7, 11) is 1.54. The molecule has 0 aromatic heterocycles. The Morgan fingerprint density at radius 1 is 1.35 bits per heavy atom. The number of amides is 1. The predicted molar refractivity (Wildman–Crippen MR) is 64.7 cm³/mol. The maximum Gasteiger partial charge on any atom is 0.331 e. The van der Waals surface area contributed by atoms with E-state index < -0.39 is 5.97 Å². The summed E-state index contributed by atoms with van der Waals surface area (Å²) in [5.74, 6) is -1.39. The standard InChI is InChI=1S/C12H19NO4/c1-5-6-13(7-8-17-4)11(14)9(2)10(3)12(15)16/h5H,1,6-8H2,2-4H3,(H,15,16)/b10-9-. The molecule has 1 amide bonds. The zero-order valence-electron chi connectivity index (χ0n) is 10.5. The van der Waals surface area contributed by atoms with Crippen LogP contribution >= 0.6 is 0 Å². The van der Waals surface area contributed by atoms with Gasteiger partial charge >= 0.3 is 5.97 Å². The molecule has 0 aromatic rings. The van der Waals surface area contributed by atoms with Crippen molar-refractivity contribution in [2.75, 3.05) is 26.8 Å². The van der Waals surface area contributed by atoms with Crippen molar-refractivity contribution >= 4 is 11.9 Å². The molecule has 0 atom stereocenters. The Hall–Kier alpha value is -1.62. The molecule has 0 aliphatic rings. The molecule has 1 N–H and O–H groups in total. The number of carboxylic acid groups (broad SMARTS) is 1. The van der Waals surface area contributed by atoms with Crippen molar-refractivity contribution < 1.29 is 19.4 Å². The molecular weight excluding hydrogens is 222 g/mol. The Morgan fingerprint density at radius 2 is 1.94 bits per heavy atom. The van der Waals surface area contributed by atoms with E-state index in [2.05, 4.69) is 6.58 Å². The van der Waals surface area contributed by atoms with Gasteiger partial charge in [-0.25, -0.2) is 4.79 Å². The molecule has 0 fully saturated rings. The molecule has 0 saturated carbocycles. The number of carbonyl (C=O) groups is 2. The van der Waals surface area contributed by atoms with Gasteiger partial charge in [0.25, 0.3) is 0 Å².